The monoisotopic (exact) mass is 488 g/mol. The Morgan fingerprint density at radius 1 is 0.865 bits per heavy atom. The molecule has 0 bridgehead atoms. The summed E-state index contributed by atoms with van der Waals surface area (Å²) >= 11 is 0. The highest BCUT2D eigenvalue weighted by atomic mass is 16.5. The fourth-order valence-electron chi connectivity index (χ4n) is 4.20. The number of rotatable bonds is 9. The molecule has 37 heavy (non-hydrogen) atoms. The van der Waals surface area contributed by atoms with E-state index in [1.807, 2.05) is 91.0 Å². The Balaban J connectivity index is 1.86. The second kappa shape index (κ2) is 11.7. The van der Waals surface area contributed by atoms with Crippen LogP contribution in [0.1, 0.15) is 41.2 Å². The molecular formula is C32H28N2O3. The lowest BCUT2D eigenvalue weighted by Crippen LogP contribution is -1.99. The molecule has 0 aliphatic heterocycles. The van der Waals surface area contributed by atoms with Crippen molar-refractivity contribution in [2.75, 3.05) is 5.73 Å². The maximum Gasteiger partial charge on any atom is 0.328 e. The minimum Gasteiger partial charge on any atom is -0.478 e. The van der Waals surface area contributed by atoms with Gasteiger partial charge < -0.3 is 21.0 Å². The molecule has 0 aromatic heterocycles. The molecule has 0 spiro atoms. The van der Waals surface area contributed by atoms with Crippen LogP contribution >= 0.6 is 0 Å². The number of nitrogens with two attached hydrogens (primary N) is 1. The number of hydrogen-bond acceptors (Lipinski definition) is 4. The Morgan fingerprint density at radius 3 is 2.24 bits per heavy atom. The number of hydrogen-bond donors (Lipinski definition) is 3. The number of carboxylic acid groups (broad SMARTS) is 1. The highest BCUT2D eigenvalue weighted by Gasteiger charge is 2.15. The van der Waals surface area contributed by atoms with E-state index in [4.69, 9.17) is 21.0 Å². The minimum absolute atomic E-state index is 0.545. The van der Waals surface area contributed by atoms with Crippen molar-refractivity contribution in [1.82, 2.24) is 0 Å². The van der Waals surface area contributed by atoms with Gasteiger partial charge in [-0.1, -0.05) is 67.6 Å². The van der Waals surface area contributed by atoms with Crippen molar-refractivity contribution in [3.8, 4) is 11.5 Å². The summed E-state index contributed by atoms with van der Waals surface area (Å²) in [7, 11) is 0. The van der Waals surface area contributed by atoms with Crippen LogP contribution in [0.15, 0.2) is 103 Å². The fourth-order valence-corrected chi connectivity index (χ4v) is 4.20. The minimum atomic E-state index is -0.989. The summed E-state index contributed by atoms with van der Waals surface area (Å²) < 4.78 is 6.09. The summed E-state index contributed by atoms with van der Waals surface area (Å²) in [6, 6.07) is 31.1. The van der Waals surface area contributed by atoms with E-state index < -0.39 is 5.97 Å². The number of ether oxygens (including phenoxy) is 1. The fraction of sp³-hybridized carbons (Fsp3) is 0.0625. The number of nitrogen functional groups attached to an aromatic ring is 1. The Labute approximate surface area is 216 Å². The first-order chi connectivity index (χ1) is 18.0. The second-order valence-electron chi connectivity index (χ2n) is 8.43. The van der Waals surface area contributed by atoms with Crippen LogP contribution in [0.25, 0.3) is 17.2 Å². The molecule has 4 N–H and O–H groups in total. The highest BCUT2D eigenvalue weighted by molar-refractivity contribution is 6.00. The molecule has 0 fully saturated rings. The van der Waals surface area contributed by atoms with Crippen LogP contribution in [0, 0.1) is 5.41 Å². The predicted molar refractivity (Wildman–Crippen MR) is 151 cm³/mol. The van der Waals surface area contributed by atoms with Crippen molar-refractivity contribution in [2.45, 2.75) is 13.3 Å². The summed E-state index contributed by atoms with van der Waals surface area (Å²) in [5.41, 5.74) is 13.1. The first-order valence-electron chi connectivity index (χ1n) is 12.0. The standard InChI is InChI=1S/C32H28N2O3/c1-2-29(24-7-6-10-28(20-24)37-27-8-4-3-5-9-27)32(25-16-17-30(34)26(19-25)21-33)23-14-11-22(12-15-23)13-18-31(35)36/h3-21,33H,2,34H2,1H3,(H,35,36)/b18-13+,32-29+,33-21?. The molecule has 4 aromatic carbocycles. The molecule has 0 saturated carbocycles. The normalized spacial score (nSPS) is 11.7. The van der Waals surface area contributed by atoms with Gasteiger partial charge in [-0.15, -0.1) is 0 Å². The largest absolute Gasteiger partial charge is 0.478 e. The van der Waals surface area contributed by atoms with Gasteiger partial charge in [0.1, 0.15) is 11.5 Å². The van der Waals surface area contributed by atoms with E-state index in [9.17, 15) is 4.79 Å². The summed E-state index contributed by atoms with van der Waals surface area (Å²) in [4.78, 5) is 10.9. The predicted octanol–water partition coefficient (Wildman–Crippen LogP) is 7.53. The van der Waals surface area contributed by atoms with E-state index in [0.29, 0.717) is 11.3 Å². The third-order valence-electron chi connectivity index (χ3n) is 5.97. The van der Waals surface area contributed by atoms with Crippen molar-refractivity contribution in [3.05, 3.63) is 131 Å². The van der Waals surface area contributed by atoms with E-state index in [2.05, 4.69) is 13.0 Å². The van der Waals surface area contributed by atoms with Gasteiger partial charge in [-0.2, -0.15) is 0 Å². The van der Waals surface area contributed by atoms with Crippen LogP contribution in [0.4, 0.5) is 5.69 Å². The smallest absolute Gasteiger partial charge is 0.328 e. The van der Waals surface area contributed by atoms with Crippen LogP contribution < -0.4 is 10.5 Å². The Hall–Kier alpha value is -4.90. The Bertz CT molecular complexity index is 1470. The molecule has 0 unspecified atom stereocenters. The van der Waals surface area contributed by atoms with E-state index >= 15 is 0 Å². The lowest BCUT2D eigenvalue weighted by Gasteiger charge is -2.18. The lowest BCUT2D eigenvalue weighted by molar-refractivity contribution is -0.131. The molecule has 184 valence electrons. The summed E-state index contributed by atoms with van der Waals surface area (Å²) in [5, 5.41) is 16.7. The molecule has 0 atom stereocenters. The third-order valence-corrected chi connectivity index (χ3v) is 5.97. The summed E-state index contributed by atoms with van der Waals surface area (Å²) in [5.74, 6) is 0.512. The number of aliphatic carboxylic acids is 1. The maximum atomic E-state index is 10.9. The topological polar surface area (TPSA) is 96.4 Å². The van der Waals surface area contributed by atoms with Gasteiger partial charge in [0.2, 0.25) is 0 Å². The van der Waals surface area contributed by atoms with Gasteiger partial charge in [0.15, 0.2) is 0 Å². The van der Waals surface area contributed by atoms with Gasteiger partial charge in [0.25, 0.3) is 0 Å². The first kappa shape index (κ1) is 25.2. The van der Waals surface area contributed by atoms with Gasteiger partial charge in [-0.3, -0.25) is 0 Å². The van der Waals surface area contributed by atoms with Crippen molar-refractivity contribution >= 4 is 35.1 Å². The van der Waals surface area contributed by atoms with E-state index in [-0.39, 0.29) is 0 Å². The Kier molecular flexibility index (Phi) is 7.96. The van der Waals surface area contributed by atoms with Crippen molar-refractivity contribution in [3.63, 3.8) is 0 Å². The molecular weight excluding hydrogens is 460 g/mol. The maximum absolute atomic E-state index is 10.9. The summed E-state index contributed by atoms with van der Waals surface area (Å²) in [6.07, 6.45) is 4.69. The SMILES string of the molecule is CC/C(=C(/c1ccc(/C=C/C(=O)O)cc1)c1ccc(N)c(C=N)c1)c1cccc(Oc2ccccc2)c1. The number of allylic oxidation sites excluding steroid dienone is 1. The van der Waals surface area contributed by atoms with Gasteiger partial charge in [-0.25, -0.2) is 4.79 Å². The molecule has 0 aliphatic rings. The van der Waals surface area contributed by atoms with Crippen molar-refractivity contribution < 1.29 is 14.6 Å². The summed E-state index contributed by atoms with van der Waals surface area (Å²) in [6.45, 7) is 2.11. The average Bonchev–Trinajstić information content (AvgIpc) is 2.92. The van der Waals surface area contributed by atoms with Crippen molar-refractivity contribution in [1.29, 1.82) is 5.41 Å². The third kappa shape index (κ3) is 6.21. The number of anilines is 1. The number of nitrogens with one attached hydrogen (secondary N) is 1. The zero-order valence-corrected chi connectivity index (χ0v) is 20.5. The molecule has 0 aliphatic carbocycles. The molecule has 4 aromatic rings. The molecule has 5 heteroatoms. The van der Waals surface area contributed by atoms with Gasteiger partial charge >= 0.3 is 5.97 Å². The number of para-hydroxylation sites is 1. The molecule has 0 heterocycles. The van der Waals surface area contributed by atoms with E-state index in [1.165, 1.54) is 6.21 Å². The lowest BCUT2D eigenvalue weighted by atomic mass is 9.87. The number of carboxylic acids is 1. The Morgan fingerprint density at radius 2 is 1.57 bits per heavy atom. The van der Waals surface area contributed by atoms with Gasteiger partial charge in [-0.05, 0) is 82.3 Å². The first-order valence-corrected chi connectivity index (χ1v) is 12.0. The van der Waals surface area contributed by atoms with Gasteiger partial charge in [0, 0.05) is 23.5 Å². The van der Waals surface area contributed by atoms with E-state index in [1.54, 1.807) is 6.08 Å². The zero-order valence-electron chi connectivity index (χ0n) is 20.5. The average molecular weight is 489 g/mol. The molecule has 0 radical (unpaired) electrons. The van der Waals surface area contributed by atoms with Gasteiger partial charge in [0.05, 0.1) is 0 Å². The van der Waals surface area contributed by atoms with Crippen LogP contribution in [0.2, 0.25) is 0 Å². The molecule has 4 rings (SSSR count). The second-order valence-corrected chi connectivity index (χ2v) is 8.43. The number of benzene rings is 4. The van der Waals surface area contributed by atoms with E-state index in [0.717, 1.165) is 57.4 Å². The van der Waals surface area contributed by atoms with Crippen LogP contribution in [0.3, 0.4) is 0 Å². The van der Waals surface area contributed by atoms with Crippen LogP contribution in [-0.2, 0) is 4.79 Å². The highest BCUT2D eigenvalue weighted by Crippen LogP contribution is 2.37. The molecule has 5 nitrogen and oxygen atoms in total. The molecule has 0 saturated heterocycles. The van der Waals surface area contributed by atoms with Crippen molar-refractivity contribution in [2.24, 2.45) is 0 Å². The molecule has 0 amide bonds. The number of carbonyl (C=O) groups is 1. The van der Waals surface area contributed by atoms with Crippen LogP contribution in [-0.4, -0.2) is 17.3 Å². The van der Waals surface area contributed by atoms with Crippen LogP contribution in [0.5, 0.6) is 11.5 Å². The quantitative estimate of drug-likeness (QED) is 0.0982. The zero-order chi connectivity index (χ0) is 26.2.